The summed E-state index contributed by atoms with van der Waals surface area (Å²) in [6.07, 6.45) is 6.34. The minimum atomic E-state index is 0.381. The third kappa shape index (κ3) is 1.99. The Balaban J connectivity index is 1.80. The van der Waals surface area contributed by atoms with E-state index in [4.69, 9.17) is 5.73 Å². The summed E-state index contributed by atoms with van der Waals surface area (Å²) in [5, 5.41) is 4.66. The zero-order valence-corrected chi connectivity index (χ0v) is 11.7. The Labute approximate surface area is 110 Å². The van der Waals surface area contributed by atoms with Crippen LogP contribution in [0.5, 0.6) is 0 Å². The molecule has 2 N–H and O–H groups in total. The van der Waals surface area contributed by atoms with Crippen LogP contribution in [-0.4, -0.2) is 16.3 Å². The van der Waals surface area contributed by atoms with E-state index in [-0.39, 0.29) is 0 Å². The van der Waals surface area contributed by atoms with Gasteiger partial charge in [-0.2, -0.15) is 5.10 Å². The van der Waals surface area contributed by atoms with Gasteiger partial charge in [0.2, 0.25) is 0 Å². The molecule has 3 nitrogen and oxygen atoms in total. The second-order valence-corrected chi connectivity index (χ2v) is 6.34. The SMILES string of the molecule is CCc1cc(CC2(CN)CC3CC3C2)n(CC)n1. The van der Waals surface area contributed by atoms with Crippen LogP contribution in [0.1, 0.15) is 44.5 Å². The molecule has 0 radical (unpaired) electrons. The molecule has 3 heteroatoms. The summed E-state index contributed by atoms with van der Waals surface area (Å²) >= 11 is 0. The van der Waals surface area contributed by atoms with E-state index in [1.54, 1.807) is 0 Å². The zero-order valence-electron chi connectivity index (χ0n) is 11.7. The van der Waals surface area contributed by atoms with Crippen molar-refractivity contribution in [2.75, 3.05) is 6.54 Å². The first-order valence-corrected chi connectivity index (χ1v) is 7.45. The molecule has 0 amide bonds. The van der Waals surface area contributed by atoms with Gasteiger partial charge in [-0.1, -0.05) is 6.92 Å². The topological polar surface area (TPSA) is 43.8 Å². The van der Waals surface area contributed by atoms with Crippen molar-refractivity contribution < 1.29 is 0 Å². The third-order valence-corrected chi connectivity index (χ3v) is 5.02. The van der Waals surface area contributed by atoms with Crippen molar-refractivity contribution in [3.8, 4) is 0 Å². The normalized spacial score (nSPS) is 33.7. The lowest BCUT2D eigenvalue weighted by molar-refractivity contribution is 0.266. The van der Waals surface area contributed by atoms with E-state index in [0.29, 0.717) is 5.41 Å². The molecule has 2 atom stereocenters. The van der Waals surface area contributed by atoms with E-state index in [1.807, 2.05) is 0 Å². The average Bonchev–Trinajstić information content (AvgIpc) is 2.86. The minimum absolute atomic E-state index is 0.381. The van der Waals surface area contributed by atoms with Crippen LogP contribution in [0.15, 0.2) is 6.07 Å². The highest BCUT2D eigenvalue weighted by molar-refractivity contribution is 5.15. The molecule has 0 spiro atoms. The van der Waals surface area contributed by atoms with Crippen LogP contribution in [0.3, 0.4) is 0 Å². The molecule has 2 unspecified atom stereocenters. The van der Waals surface area contributed by atoms with E-state index in [0.717, 1.165) is 37.8 Å². The van der Waals surface area contributed by atoms with E-state index >= 15 is 0 Å². The van der Waals surface area contributed by atoms with Gasteiger partial charge in [-0.25, -0.2) is 0 Å². The van der Waals surface area contributed by atoms with E-state index in [1.165, 1.54) is 30.7 Å². The van der Waals surface area contributed by atoms with Gasteiger partial charge >= 0.3 is 0 Å². The third-order valence-electron chi connectivity index (χ3n) is 5.02. The Morgan fingerprint density at radius 1 is 1.39 bits per heavy atom. The lowest BCUT2D eigenvalue weighted by atomic mass is 9.79. The van der Waals surface area contributed by atoms with Crippen molar-refractivity contribution in [1.29, 1.82) is 0 Å². The Kier molecular flexibility index (Phi) is 2.97. The van der Waals surface area contributed by atoms with Crippen molar-refractivity contribution in [3.05, 3.63) is 17.5 Å². The molecule has 0 aliphatic heterocycles. The number of fused-ring (bicyclic) bond motifs is 1. The molecule has 2 aliphatic carbocycles. The zero-order chi connectivity index (χ0) is 12.8. The fraction of sp³-hybridized carbons (Fsp3) is 0.800. The first-order chi connectivity index (χ1) is 8.69. The van der Waals surface area contributed by atoms with Crippen molar-refractivity contribution in [3.63, 3.8) is 0 Å². The standard InChI is InChI=1S/C15H25N3/c1-3-13-6-14(18(4-2)17-13)9-15(10-16)7-11-5-12(11)8-15/h6,11-12H,3-5,7-10,16H2,1-2H3. The van der Waals surface area contributed by atoms with Gasteiger partial charge in [-0.05, 0) is 68.9 Å². The predicted molar refractivity (Wildman–Crippen MR) is 73.3 cm³/mol. The maximum Gasteiger partial charge on any atom is 0.0624 e. The van der Waals surface area contributed by atoms with Crippen LogP contribution >= 0.6 is 0 Å². The summed E-state index contributed by atoms with van der Waals surface area (Å²) in [5.74, 6) is 1.99. The summed E-state index contributed by atoms with van der Waals surface area (Å²) < 4.78 is 2.18. The number of hydrogen-bond donors (Lipinski definition) is 1. The van der Waals surface area contributed by atoms with E-state index in [9.17, 15) is 0 Å². The highest BCUT2D eigenvalue weighted by Gasteiger charge is 2.53. The minimum Gasteiger partial charge on any atom is -0.330 e. The summed E-state index contributed by atoms with van der Waals surface area (Å²) in [6, 6.07) is 2.30. The number of aryl methyl sites for hydroxylation is 2. The fourth-order valence-electron chi connectivity index (χ4n) is 3.88. The lowest BCUT2D eigenvalue weighted by Gasteiger charge is -2.29. The quantitative estimate of drug-likeness (QED) is 0.868. The van der Waals surface area contributed by atoms with E-state index < -0.39 is 0 Å². The summed E-state index contributed by atoms with van der Waals surface area (Å²) in [5.41, 5.74) is 9.11. The largest absolute Gasteiger partial charge is 0.330 e. The molecule has 1 heterocycles. The second kappa shape index (κ2) is 4.37. The molecule has 2 aliphatic rings. The van der Waals surface area contributed by atoms with Gasteiger partial charge in [0.05, 0.1) is 5.69 Å². The van der Waals surface area contributed by atoms with Gasteiger partial charge in [0.1, 0.15) is 0 Å². The van der Waals surface area contributed by atoms with Crippen LogP contribution in [0.25, 0.3) is 0 Å². The molecule has 0 bridgehead atoms. The lowest BCUT2D eigenvalue weighted by Crippen LogP contribution is -2.32. The maximum absolute atomic E-state index is 6.10. The van der Waals surface area contributed by atoms with Gasteiger partial charge in [-0.3, -0.25) is 4.68 Å². The van der Waals surface area contributed by atoms with Crippen LogP contribution in [-0.2, 0) is 19.4 Å². The fourth-order valence-corrected chi connectivity index (χ4v) is 3.88. The average molecular weight is 247 g/mol. The number of hydrogen-bond acceptors (Lipinski definition) is 2. The smallest absolute Gasteiger partial charge is 0.0624 e. The van der Waals surface area contributed by atoms with Crippen LogP contribution in [0.2, 0.25) is 0 Å². The van der Waals surface area contributed by atoms with Gasteiger partial charge < -0.3 is 5.73 Å². The molecular formula is C15H25N3. The van der Waals surface area contributed by atoms with Crippen molar-refractivity contribution in [2.24, 2.45) is 23.0 Å². The van der Waals surface area contributed by atoms with Crippen LogP contribution in [0.4, 0.5) is 0 Å². The van der Waals surface area contributed by atoms with Gasteiger partial charge in [-0.15, -0.1) is 0 Å². The molecule has 0 saturated heterocycles. The summed E-state index contributed by atoms with van der Waals surface area (Å²) in [7, 11) is 0. The molecule has 0 aromatic carbocycles. The molecule has 3 rings (SSSR count). The molecular weight excluding hydrogens is 222 g/mol. The predicted octanol–water partition coefficient (Wildman–Crippen LogP) is 2.38. The first-order valence-electron chi connectivity index (χ1n) is 7.45. The first kappa shape index (κ1) is 12.2. The molecule has 1 aromatic rings. The molecule has 100 valence electrons. The van der Waals surface area contributed by atoms with Gasteiger partial charge in [0.15, 0.2) is 0 Å². The second-order valence-electron chi connectivity index (χ2n) is 6.34. The summed E-state index contributed by atoms with van der Waals surface area (Å²) in [4.78, 5) is 0. The van der Waals surface area contributed by atoms with Crippen molar-refractivity contribution >= 4 is 0 Å². The van der Waals surface area contributed by atoms with Crippen LogP contribution < -0.4 is 5.73 Å². The number of nitrogens with two attached hydrogens (primary N) is 1. The Morgan fingerprint density at radius 3 is 2.67 bits per heavy atom. The molecule has 2 saturated carbocycles. The molecule has 2 fully saturated rings. The number of aromatic nitrogens is 2. The van der Waals surface area contributed by atoms with Crippen molar-refractivity contribution in [2.45, 2.75) is 52.5 Å². The Morgan fingerprint density at radius 2 is 2.11 bits per heavy atom. The monoisotopic (exact) mass is 247 g/mol. The Bertz CT molecular complexity index is 425. The Hall–Kier alpha value is -0.830. The van der Waals surface area contributed by atoms with E-state index in [2.05, 4.69) is 29.7 Å². The van der Waals surface area contributed by atoms with Gasteiger partial charge in [0.25, 0.3) is 0 Å². The molecule has 18 heavy (non-hydrogen) atoms. The van der Waals surface area contributed by atoms with Crippen molar-refractivity contribution in [1.82, 2.24) is 9.78 Å². The van der Waals surface area contributed by atoms with Crippen LogP contribution in [0, 0.1) is 17.3 Å². The maximum atomic E-state index is 6.10. The van der Waals surface area contributed by atoms with Gasteiger partial charge in [0, 0.05) is 12.2 Å². The number of nitrogens with zero attached hydrogens (tertiary/aromatic N) is 2. The number of rotatable bonds is 5. The highest BCUT2D eigenvalue weighted by Crippen LogP contribution is 2.60. The summed E-state index contributed by atoms with van der Waals surface area (Å²) in [6.45, 7) is 6.17. The highest BCUT2D eigenvalue weighted by atomic mass is 15.3. The molecule has 1 aromatic heterocycles.